The van der Waals surface area contributed by atoms with E-state index in [2.05, 4.69) is 26.9 Å². The molecule has 1 saturated heterocycles. The minimum absolute atomic E-state index is 0.214. The van der Waals surface area contributed by atoms with Crippen LogP contribution in [0, 0.1) is 19.7 Å². The Morgan fingerprint density at radius 1 is 1.15 bits per heavy atom. The van der Waals surface area contributed by atoms with Crippen LogP contribution in [0.4, 0.5) is 10.2 Å². The Bertz CT molecular complexity index is 900. The number of piperidine rings is 1. The maximum Gasteiger partial charge on any atom is 0.254 e. The zero-order chi connectivity index (χ0) is 18.1. The van der Waals surface area contributed by atoms with Gasteiger partial charge >= 0.3 is 0 Å². The van der Waals surface area contributed by atoms with Gasteiger partial charge in [0.2, 0.25) is 0 Å². The molecule has 0 spiro atoms. The van der Waals surface area contributed by atoms with Crippen molar-refractivity contribution in [2.24, 2.45) is 0 Å². The summed E-state index contributed by atoms with van der Waals surface area (Å²) in [6, 6.07) is 6.49. The molecule has 1 aromatic carbocycles. The first-order valence-corrected chi connectivity index (χ1v) is 8.90. The molecule has 0 aliphatic carbocycles. The van der Waals surface area contributed by atoms with Crippen molar-refractivity contribution in [1.29, 1.82) is 0 Å². The molecule has 26 heavy (non-hydrogen) atoms. The molecule has 1 aliphatic heterocycles. The third-order valence-corrected chi connectivity index (χ3v) is 5.02. The Labute approximate surface area is 151 Å². The molecular weight excluding hydrogens is 333 g/mol. The summed E-state index contributed by atoms with van der Waals surface area (Å²) in [5.74, 6) is 1.49. The fraction of sp³-hybridized carbons (Fsp3) is 0.421. The first-order valence-electron chi connectivity index (χ1n) is 8.90. The molecule has 0 bridgehead atoms. The van der Waals surface area contributed by atoms with Crippen LogP contribution in [-0.4, -0.2) is 38.8 Å². The highest BCUT2D eigenvalue weighted by Gasteiger charge is 2.24. The van der Waals surface area contributed by atoms with Gasteiger partial charge in [-0.3, -0.25) is 0 Å². The topological polar surface area (TPSA) is 55.5 Å². The number of aryl methyl sites for hydroxylation is 1. The molecule has 136 valence electrons. The fourth-order valence-electron chi connectivity index (χ4n) is 3.42. The van der Waals surface area contributed by atoms with Crippen molar-refractivity contribution in [2.45, 2.75) is 39.4 Å². The average Bonchev–Trinajstić information content (AvgIpc) is 3.10. The van der Waals surface area contributed by atoms with Crippen LogP contribution in [0.1, 0.15) is 29.7 Å². The molecule has 3 aromatic rings. The summed E-state index contributed by atoms with van der Waals surface area (Å²) in [5, 5.41) is 4.34. The van der Waals surface area contributed by atoms with Crippen LogP contribution in [0.25, 0.3) is 5.78 Å². The summed E-state index contributed by atoms with van der Waals surface area (Å²) in [6.45, 7) is 6.40. The number of fused-ring (bicyclic) bond motifs is 1. The summed E-state index contributed by atoms with van der Waals surface area (Å²) in [7, 11) is 0. The van der Waals surface area contributed by atoms with Crippen LogP contribution in [0.3, 0.4) is 0 Å². The Morgan fingerprint density at radius 2 is 1.88 bits per heavy atom. The van der Waals surface area contributed by atoms with E-state index in [4.69, 9.17) is 4.74 Å². The lowest BCUT2D eigenvalue weighted by molar-refractivity contribution is 0.0250. The van der Waals surface area contributed by atoms with Crippen LogP contribution >= 0.6 is 0 Å². The van der Waals surface area contributed by atoms with Gasteiger partial charge in [0.15, 0.2) is 0 Å². The monoisotopic (exact) mass is 355 g/mol. The Hall–Kier alpha value is -2.54. The van der Waals surface area contributed by atoms with Gasteiger partial charge in [-0.25, -0.2) is 9.37 Å². The predicted molar refractivity (Wildman–Crippen MR) is 96.7 cm³/mol. The van der Waals surface area contributed by atoms with Crippen molar-refractivity contribution in [2.75, 3.05) is 18.0 Å². The molecule has 0 amide bonds. The second-order valence-corrected chi connectivity index (χ2v) is 6.74. The largest absolute Gasteiger partial charge is 0.373 e. The number of hydrogen-bond donors (Lipinski definition) is 0. The maximum absolute atomic E-state index is 13.0. The standard InChI is InChI=1S/C19H22FN5O/c1-13-14(2)23-19-21-12-22-25(19)18(13)24-9-7-17(8-10-24)26-11-15-3-5-16(20)6-4-15/h3-6,12,17H,7-11H2,1-2H3. The Kier molecular flexibility index (Phi) is 4.55. The molecule has 2 aromatic heterocycles. The summed E-state index contributed by atoms with van der Waals surface area (Å²) in [6.07, 6.45) is 3.64. The molecule has 7 heteroatoms. The molecule has 1 aliphatic rings. The molecule has 6 nitrogen and oxygen atoms in total. The first-order chi connectivity index (χ1) is 12.6. The number of rotatable bonds is 4. The molecule has 3 heterocycles. The van der Waals surface area contributed by atoms with E-state index >= 15 is 0 Å². The highest BCUT2D eigenvalue weighted by atomic mass is 19.1. The third-order valence-electron chi connectivity index (χ3n) is 5.02. The second kappa shape index (κ2) is 6.99. The molecule has 0 unspecified atom stereocenters. The minimum atomic E-state index is -0.218. The molecule has 0 saturated carbocycles. The van der Waals surface area contributed by atoms with Gasteiger partial charge in [-0.2, -0.15) is 14.6 Å². The highest BCUT2D eigenvalue weighted by Crippen LogP contribution is 2.26. The quantitative estimate of drug-likeness (QED) is 0.720. The number of hydrogen-bond acceptors (Lipinski definition) is 5. The maximum atomic E-state index is 13.0. The summed E-state index contributed by atoms with van der Waals surface area (Å²) in [4.78, 5) is 11.0. The zero-order valence-electron chi connectivity index (χ0n) is 15.0. The van der Waals surface area contributed by atoms with Gasteiger partial charge in [0.05, 0.1) is 12.7 Å². The van der Waals surface area contributed by atoms with E-state index in [0.29, 0.717) is 12.4 Å². The van der Waals surface area contributed by atoms with Gasteiger partial charge in [0, 0.05) is 24.3 Å². The number of benzene rings is 1. The number of nitrogens with zero attached hydrogens (tertiary/aromatic N) is 5. The summed E-state index contributed by atoms with van der Waals surface area (Å²) in [5.41, 5.74) is 3.11. The lowest BCUT2D eigenvalue weighted by atomic mass is 10.1. The normalized spacial score (nSPS) is 15.7. The van der Waals surface area contributed by atoms with Gasteiger partial charge in [-0.1, -0.05) is 12.1 Å². The zero-order valence-corrected chi connectivity index (χ0v) is 15.0. The first kappa shape index (κ1) is 16.9. The van der Waals surface area contributed by atoms with Gasteiger partial charge in [0.1, 0.15) is 18.0 Å². The lowest BCUT2D eigenvalue weighted by Gasteiger charge is -2.34. The van der Waals surface area contributed by atoms with Crippen molar-refractivity contribution in [3.63, 3.8) is 0 Å². The van der Waals surface area contributed by atoms with E-state index in [1.807, 2.05) is 11.4 Å². The fourth-order valence-corrected chi connectivity index (χ4v) is 3.42. The molecule has 0 atom stereocenters. The van der Waals surface area contributed by atoms with Gasteiger partial charge in [-0.15, -0.1) is 0 Å². The Balaban J connectivity index is 1.42. The van der Waals surface area contributed by atoms with Crippen LogP contribution in [0.2, 0.25) is 0 Å². The highest BCUT2D eigenvalue weighted by molar-refractivity contribution is 5.54. The number of ether oxygens (including phenoxy) is 1. The summed E-state index contributed by atoms with van der Waals surface area (Å²) >= 11 is 0. The minimum Gasteiger partial charge on any atom is -0.373 e. The van der Waals surface area contributed by atoms with Gasteiger partial charge < -0.3 is 9.64 Å². The van der Waals surface area contributed by atoms with E-state index < -0.39 is 0 Å². The number of aromatic nitrogens is 4. The van der Waals surface area contributed by atoms with Crippen LogP contribution in [-0.2, 0) is 11.3 Å². The third kappa shape index (κ3) is 3.26. The predicted octanol–water partition coefficient (Wildman–Crippen LogP) is 3.07. The van der Waals surface area contributed by atoms with Crippen molar-refractivity contribution in [3.05, 3.63) is 53.2 Å². The van der Waals surface area contributed by atoms with E-state index in [-0.39, 0.29) is 11.9 Å². The Morgan fingerprint density at radius 3 is 2.62 bits per heavy atom. The molecule has 0 radical (unpaired) electrons. The second-order valence-electron chi connectivity index (χ2n) is 6.74. The van der Waals surface area contributed by atoms with Crippen molar-refractivity contribution >= 4 is 11.6 Å². The molecule has 4 rings (SSSR count). The van der Waals surface area contributed by atoms with E-state index in [0.717, 1.165) is 48.6 Å². The number of anilines is 1. The SMILES string of the molecule is Cc1nc2ncnn2c(N2CCC(OCc3ccc(F)cc3)CC2)c1C. The van der Waals surface area contributed by atoms with E-state index in [1.165, 1.54) is 12.1 Å². The van der Waals surface area contributed by atoms with Crippen LogP contribution in [0.5, 0.6) is 0 Å². The van der Waals surface area contributed by atoms with Crippen LogP contribution < -0.4 is 4.90 Å². The smallest absolute Gasteiger partial charge is 0.254 e. The van der Waals surface area contributed by atoms with Gasteiger partial charge in [-0.05, 0) is 44.4 Å². The van der Waals surface area contributed by atoms with Crippen molar-refractivity contribution in [3.8, 4) is 0 Å². The lowest BCUT2D eigenvalue weighted by Crippen LogP contribution is -2.38. The van der Waals surface area contributed by atoms with Crippen LogP contribution in [0.15, 0.2) is 30.6 Å². The molecule has 1 fully saturated rings. The van der Waals surface area contributed by atoms with E-state index in [1.54, 1.807) is 18.5 Å². The summed E-state index contributed by atoms with van der Waals surface area (Å²) < 4.78 is 20.8. The van der Waals surface area contributed by atoms with Crippen molar-refractivity contribution in [1.82, 2.24) is 19.6 Å². The molecule has 0 N–H and O–H groups in total. The van der Waals surface area contributed by atoms with E-state index in [9.17, 15) is 4.39 Å². The molecular formula is C19H22FN5O. The van der Waals surface area contributed by atoms with Gasteiger partial charge in [0.25, 0.3) is 5.78 Å². The number of halogens is 1. The van der Waals surface area contributed by atoms with Crippen molar-refractivity contribution < 1.29 is 9.13 Å². The average molecular weight is 355 g/mol.